The monoisotopic (exact) mass is 228 g/mol. The maximum Gasteiger partial charge on any atom is 0.230 e. The molecule has 1 atom stereocenters. The largest absolute Gasteiger partial charge is 0.381 e. The minimum Gasteiger partial charge on any atom is -0.381 e. The van der Waals surface area contributed by atoms with Gasteiger partial charge in [-0.2, -0.15) is 0 Å². The second kappa shape index (κ2) is 5.64. The molecule has 4 heteroatoms. The summed E-state index contributed by atoms with van der Waals surface area (Å²) in [6.07, 6.45) is 2.48. The summed E-state index contributed by atoms with van der Waals surface area (Å²) in [6.45, 7) is 5.89. The molecule has 0 aliphatic carbocycles. The van der Waals surface area contributed by atoms with Crippen LogP contribution in [0.5, 0.6) is 0 Å². The molecule has 0 saturated carbocycles. The predicted octanol–water partition coefficient (Wildman–Crippen LogP) is 0.999. The molecule has 1 rings (SSSR count). The summed E-state index contributed by atoms with van der Waals surface area (Å²) in [5, 5.41) is 0. The first-order chi connectivity index (χ1) is 7.57. The average molecular weight is 228 g/mol. The van der Waals surface area contributed by atoms with Gasteiger partial charge in [0.2, 0.25) is 5.91 Å². The van der Waals surface area contributed by atoms with E-state index in [-0.39, 0.29) is 17.4 Å². The highest BCUT2D eigenvalue weighted by Crippen LogP contribution is 2.32. The van der Waals surface area contributed by atoms with Crippen LogP contribution in [0.25, 0.3) is 0 Å². The minimum atomic E-state index is -0.379. The quantitative estimate of drug-likeness (QED) is 0.781. The fourth-order valence-electron chi connectivity index (χ4n) is 2.12. The van der Waals surface area contributed by atoms with E-state index in [1.165, 1.54) is 0 Å². The lowest BCUT2D eigenvalue weighted by molar-refractivity contribution is -0.147. The maximum absolute atomic E-state index is 12.4. The van der Waals surface area contributed by atoms with Gasteiger partial charge in [0.1, 0.15) is 0 Å². The van der Waals surface area contributed by atoms with Crippen LogP contribution >= 0.6 is 0 Å². The van der Waals surface area contributed by atoms with Crippen molar-refractivity contribution in [3.05, 3.63) is 0 Å². The summed E-state index contributed by atoms with van der Waals surface area (Å²) in [7, 11) is 1.88. The molecule has 1 unspecified atom stereocenters. The van der Waals surface area contributed by atoms with Crippen molar-refractivity contribution in [2.75, 3.05) is 26.8 Å². The van der Waals surface area contributed by atoms with E-state index in [1.807, 2.05) is 11.9 Å². The third kappa shape index (κ3) is 2.55. The van der Waals surface area contributed by atoms with Crippen LogP contribution in [-0.2, 0) is 9.53 Å². The van der Waals surface area contributed by atoms with E-state index in [0.717, 1.165) is 19.3 Å². The van der Waals surface area contributed by atoms with Crippen LogP contribution in [0.15, 0.2) is 0 Å². The topological polar surface area (TPSA) is 55.6 Å². The van der Waals surface area contributed by atoms with Crippen molar-refractivity contribution in [3.8, 4) is 0 Å². The molecule has 1 amide bonds. The number of ether oxygens (including phenoxy) is 1. The molecule has 2 N–H and O–H groups in total. The van der Waals surface area contributed by atoms with Crippen LogP contribution in [0.3, 0.4) is 0 Å². The Hall–Kier alpha value is -0.610. The molecule has 0 radical (unpaired) electrons. The third-order valence-electron chi connectivity index (χ3n) is 3.87. The maximum atomic E-state index is 12.4. The molecular formula is C12H24N2O2. The highest BCUT2D eigenvalue weighted by molar-refractivity contribution is 5.83. The minimum absolute atomic E-state index is 0.188. The number of hydrogen-bond donors (Lipinski definition) is 1. The van der Waals surface area contributed by atoms with E-state index in [2.05, 4.69) is 13.8 Å². The first-order valence-corrected chi connectivity index (χ1v) is 6.12. The van der Waals surface area contributed by atoms with Gasteiger partial charge in [-0.25, -0.2) is 0 Å². The van der Waals surface area contributed by atoms with Gasteiger partial charge in [-0.05, 0) is 26.2 Å². The lowest BCUT2D eigenvalue weighted by Gasteiger charge is -2.39. The van der Waals surface area contributed by atoms with Crippen LogP contribution in [0.1, 0.15) is 33.1 Å². The van der Waals surface area contributed by atoms with E-state index in [9.17, 15) is 4.79 Å². The van der Waals surface area contributed by atoms with Crippen LogP contribution in [0.2, 0.25) is 0 Å². The van der Waals surface area contributed by atoms with Crippen molar-refractivity contribution in [1.82, 2.24) is 4.90 Å². The Bertz CT molecular complexity index is 237. The molecule has 0 aromatic rings. The van der Waals surface area contributed by atoms with E-state index >= 15 is 0 Å². The third-order valence-corrected chi connectivity index (χ3v) is 3.87. The molecule has 94 valence electrons. The van der Waals surface area contributed by atoms with E-state index in [1.54, 1.807) is 0 Å². The lowest BCUT2D eigenvalue weighted by Crippen LogP contribution is -2.51. The molecule has 0 spiro atoms. The molecule has 1 aliphatic rings. The van der Waals surface area contributed by atoms with Gasteiger partial charge in [0, 0.05) is 32.8 Å². The van der Waals surface area contributed by atoms with Gasteiger partial charge >= 0.3 is 0 Å². The number of nitrogens with zero attached hydrogens (tertiary/aromatic N) is 1. The molecule has 0 aromatic heterocycles. The van der Waals surface area contributed by atoms with Gasteiger partial charge in [-0.1, -0.05) is 6.92 Å². The van der Waals surface area contributed by atoms with Crippen molar-refractivity contribution in [3.63, 3.8) is 0 Å². The summed E-state index contributed by atoms with van der Waals surface area (Å²) in [5.74, 6) is 0.188. The Kier molecular flexibility index (Phi) is 4.74. The predicted molar refractivity (Wildman–Crippen MR) is 64.1 cm³/mol. The fraction of sp³-hybridized carbons (Fsp3) is 0.917. The first-order valence-electron chi connectivity index (χ1n) is 6.12. The Morgan fingerprint density at radius 3 is 2.50 bits per heavy atom. The molecule has 1 aliphatic heterocycles. The lowest BCUT2D eigenvalue weighted by atomic mass is 9.78. The Labute approximate surface area is 98.1 Å². The van der Waals surface area contributed by atoms with Crippen molar-refractivity contribution in [1.29, 1.82) is 0 Å². The first kappa shape index (κ1) is 13.5. The zero-order chi connectivity index (χ0) is 12.2. The number of carbonyl (C=O) groups excluding carboxylic acids is 1. The molecule has 0 aromatic carbocycles. The van der Waals surface area contributed by atoms with Gasteiger partial charge < -0.3 is 15.4 Å². The number of carbonyl (C=O) groups is 1. The number of rotatable bonds is 4. The molecule has 1 fully saturated rings. The number of nitrogens with two attached hydrogens (primary N) is 1. The second-order valence-corrected chi connectivity index (χ2v) is 4.77. The van der Waals surface area contributed by atoms with Gasteiger partial charge in [-0.3, -0.25) is 4.79 Å². The van der Waals surface area contributed by atoms with Gasteiger partial charge in [0.15, 0.2) is 0 Å². The molecule has 1 heterocycles. The second-order valence-electron chi connectivity index (χ2n) is 4.77. The molecule has 16 heavy (non-hydrogen) atoms. The standard InChI is InChI=1S/C12H24N2O2/c1-4-10(2)14(3)11(15)12(9-13)5-7-16-8-6-12/h10H,4-9,13H2,1-3H3. The Morgan fingerprint density at radius 2 is 2.06 bits per heavy atom. The summed E-state index contributed by atoms with van der Waals surface area (Å²) >= 11 is 0. The summed E-state index contributed by atoms with van der Waals surface area (Å²) in [6, 6.07) is 0.277. The van der Waals surface area contributed by atoms with Gasteiger partial charge in [0.25, 0.3) is 0 Å². The average Bonchev–Trinajstić information content (AvgIpc) is 2.36. The zero-order valence-electron chi connectivity index (χ0n) is 10.7. The van der Waals surface area contributed by atoms with Crippen molar-refractivity contribution in [2.45, 2.75) is 39.2 Å². The normalized spacial score (nSPS) is 21.5. The molecule has 0 bridgehead atoms. The Morgan fingerprint density at radius 1 is 1.50 bits per heavy atom. The molecular weight excluding hydrogens is 204 g/mol. The van der Waals surface area contributed by atoms with E-state index in [0.29, 0.717) is 19.8 Å². The Balaban J connectivity index is 2.75. The van der Waals surface area contributed by atoms with Crippen molar-refractivity contribution in [2.24, 2.45) is 11.1 Å². The van der Waals surface area contributed by atoms with Crippen LogP contribution in [0.4, 0.5) is 0 Å². The summed E-state index contributed by atoms with van der Waals surface area (Å²) in [5.41, 5.74) is 5.44. The van der Waals surface area contributed by atoms with Gasteiger partial charge in [-0.15, -0.1) is 0 Å². The molecule has 1 saturated heterocycles. The number of amides is 1. The van der Waals surface area contributed by atoms with Crippen LogP contribution < -0.4 is 5.73 Å². The van der Waals surface area contributed by atoms with Crippen LogP contribution in [-0.4, -0.2) is 43.7 Å². The van der Waals surface area contributed by atoms with Crippen molar-refractivity contribution < 1.29 is 9.53 Å². The zero-order valence-corrected chi connectivity index (χ0v) is 10.7. The van der Waals surface area contributed by atoms with Crippen LogP contribution in [0, 0.1) is 5.41 Å². The SMILES string of the molecule is CCC(C)N(C)C(=O)C1(CN)CCOCC1. The highest BCUT2D eigenvalue weighted by Gasteiger charge is 2.41. The summed E-state index contributed by atoms with van der Waals surface area (Å²) < 4.78 is 5.32. The number of hydrogen-bond acceptors (Lipinski definition) is 3. The molecule has 4 nitrogen and oxygen atoms in total. The highest BCUT2D eigenvalue weighted by atomic mass is 16.5. The van der Waals surface area contributed by atoms with Gasteiger partial charge in [0.05, 0.1) is 5.41 Å². The summed E-state index contributed by atoms with van der Waals surface area (Å²) in [4.78, 5) is 14.3. The fourth-order valence-corrected chi connectivity index (χ4v) is 2.12. The van der Waals surface area contributed by atoms with E-state index < -0.39 is 0 Å². The van der Waals surface area contributed by atoms with E-state index in [4.69, 9.17) is 10.5 Å². The smallest absolute Gasteiger partial charge is 0.230 e. The van der Waals surface area contributed by atoms with Crippen molar-refractivity contribution >= 4 is 5.91 Å².